The Morgan fingerprint density at radius 2 is 1.84 bits per heavy atom. The van der Waals surface area contributed by atoms with Gasteiger partial charge in [0, 0.05) is 10.6 Å². The highest BCUT2D eigenvalue weighted by Gasteiger charge is 2.14. The van der Waals surface area contributed by atoms with E-state index in [0.29, 0.717) is 27.5 Å². The summed E-state index contributed by atoms with van der Waals surface area (Å²) in [7, 11) is 0. The molecule has 2 amide bonds. The molecule has 4 rings (SSSR count). The normalized spacial score (nSPS) is 10.5. The van der Waals surface area contributed by atoms with Gasteiger partial charge < -0.3 is 15.6 Å². The van der Waals surface area contributed by atoms with Crippen molar-refractivity contribution in [3.63, 3.8) is 0 Å². The quantitative estimate of drug-likeness (QED) is 0.374. The largest absolute Gasteiger partial charge is 0.345 e. The Kier molecular flexibility index (Phi) is 6.49. The second-order valence-corrected chi connectivity index (χ2v) is 7.93. The molecule has 0 saturated heterocycles. The summed E-state index contributed by atoms with van der Waals surface area (Å²) in [5, 5.41) is 14.6. The minimum absolute atomic E-state index is 0.130. The SMILES string of the molecule is N#Cc1cccc(NC(=O)CSc2ccccc2C(=O)NCc2nc3ccccc3[nH]2)c1. The second kappa shape index (κ2) is 9.81. The van der Waals surface area contributed by atoms with Gasteiger partial charge in [0.15, 0.2) is 0 Å². The topological polar surface area (TPSA) is 111 Å². The highest BCUT2D eigenvalue weighted by molar-refractivity contribution is 8.00. The summed E-state index contributed by atoms with van der Waals surface area (Å²) in [5.41, 5.74) is 3.29. The Morgan fingerprint density at radius 1 is 1.03 bits per heavy atom. The van der Waals surface area contributed by atoms with Gasteiger partial charge in [0.2, 0.25) is 5.91 Å². The summed E-state index contributed by atoms with van der Waals surface area (Å²) in [5.74, 6) is 0.340. The van der Waals surface area contributed by atoms with E-state index in [2.05, 4.69) is 20.6 Å². The number of anilines is 1. The number of benzene rings is 3. The third-order valence-corrected chi connectivity index (χ3v) is 5.69. The van der Waals surface area contributed by atoms with Crippen LogP contribution in [0.1, 0.15) is 21.7 Å². The standard InChI is InChI=1S/C24H19N5O2S/c25-13-16-6-5-7-17(12-16)27-23(30)15-32-21-11-4-1-8-18(21)24(31)26-14-22-28-19-9-2-3-10-20(19)29-22/h1-12H,14-15H2,(H,26,31)(H,27,30)(H,28,29). The van der Waals surface area contributed by atoms with E-state index in [0.717, 1.165) is 11.0 Å². The number of carbonyl (C=O) groups excluding carboxylic acids is 2. The van der Waals surface area contributed by atoms with Gasteiger partial charge in [0.05, 0.1) is 40.5 Å². The van der Waals surface area contributed by atoms with Gasteiger partial charge in [0.1, 0.15) is 5.82 Å². The Balaban J connectivity index is 1.36. The molecule has 158 valence electrons. The van der Waals surface area contributed by atoms with Crippen molar-refractivity contribution in [3.8, 4) is 6.07 Å². The van der Waals surface area contributed by atoms with E-state index in [1.165, 1.54) is 11.8 Å². The number of fused-ring (bicyclic) bond motifs is 1. The number of aromatic nitrogens is 2. The van der Waals surface area contributed by atoms with Crippen LogP contribution in [0.3, 0.4) is 0 Å². The fraction of sp³-hybridized carbons (Fsp3) is 0.0833. The Hall–Kier alpha value is -4.09. The van der Waals surface area contributed by atoms with Crippen LogP contribution < -0.4 is 10.6 Å². The number of para-hydroxylation sites is 2. The van der Waals surface area contributed by atoms with Gasteiger partial charge in [-0.25, -0.2) is 4.98 Å². The molecular formula is C24H19N5O2S. The first-order valence-electron chi connectivity index (χ1n) is 9.86. The van der Waals surface area contributed by atoms with E-state index < -0.39 is 0 Å². The van der Waals surface area contributed by atoms with Gasteiger partial charge in [-0.05, 0) is 42.5 Å². The van der Waals surface area contributed by atoms with Crippen LogP contribution in [-0.4, -0.2) is 27.5 Å². The summed E-state index contributed by atoms with van der Waals surface area (Å²) in [6.45, 7) is 0.266. The Bertz CT molecular complexity index is 1290. The fourth-order valence-electron chi connectivity index (χ4n) is 3.14. The number of imidazole rings is 1. The van der Waals surface area contributed by atoms with Crippen molar-refractivity contribution in [3.05, 3.63) is 89.7 Å². The van der Waals surface area contributed by atoms with Gasteiger partial charge in [-0.3, -0.25) is 9.59 Å². The summed E-state index contributed by atoms with van der Waals surface area (Å²) in [6, 6.07) is 23.6. The number of aromatic amines is 1. The molecule has 0 saturated carbocycles. The van der Waals surface area contributed by atoms with Crippen molar-refractivity contribution >= 4 is 40.3 Å². The van der Waals surface area contributed by atoms with Crippen molar-refractivity contribution in [2.75, 3.05) is 11.1 Å². The first-order chi connectivity index (χ1) is 15.6. The molecule has 0 radical (unpaired) electrons. The van der Waals surface area contributed by atoms with Gasteiger partial charge in [-0.15, -0.1) is 11.8 Å². The Morgan fingerprint density at radius 3 is 2.69 bits per heavy atom. The molecule has 4 aromatic rings. The van der Waals surface area contributed by atoms with E-state index in [-0.39, 0.29) is 24.1 Å². The molecule has 8 heteroatoms. The Labute approximate surface area is 188 Å². The van der Waals surface area contributed by atoms with Gasteiger partial charge in [-0.2, -0.15) is 5.26 Å². The van der Waals surface area contributed by atoms with Crippen LogP contribution in [0.25, 0.3) is 11.0 Å². The number of amides is 2. The zero-order valence-corrected chi connectivity index (χ0v) is 17.8. The van der Waals surface area contributed by atoms with E-state index >= 15 is 0 Å². The lowest BCUT2D eigenvalue weighted by molar-refractivity contribution is -0.113. The van der Waals surface area contributed by atoms with Crippen molar-refractivity contribution in [1.82, 2.24) is 15.3 Å². The highest BCUT2D eigenvalue weighted by Crippen LogP contribution is 2.23. The van der Waals surface area contributed by atoms with Crippen molar-refractivity contribution in [1.29, 1.82) is 5.26 Å². The van der Waals surface area contributed by atoms with E-state index in [9.17, 15) is 9.59 Å². The maximum Gasteiger partial charge on any atom is 0.252 e. The van der Waals surface area contributed by atoms with Gasteiger partial charge in [0.25, 0.3) is 5.91 Å². The lowest BCUT2D eigenvalue weighted by atomic mass is 10.2. The number of nitrogens with one attached hydrogen (secondary N) is 3. The predicted molar refractivity (Wildman–Crippen MR) is 124 cm³/mol. The molecule has 0 bridgehead atoms. The van der Waals surface area contributed by atoms with Crippen LogP contribution in [0.2, 0.25) is 0 Å². The maximum atomic E-state index is 12.8. The number of H-pyrrole nitrogens is 1. The van der Waals surface area contributed by atoms with Gasteiger partial charge in [-0.1, -0.05) is 30.3 Å². The average Bonchev–Trinajstić information content (AvgIpc) is 3.24. The molecule has 0 aliphatic heterocycles. The van der Waals surface area contributed by atoms with Crippen molar-refractivity contribution in [2.45, 2.75) is 11.4 Å². The number of thioether (sulfide) groups is 1. The number of nitrogens with zero attached hydrogens (tertiary/aromatic N) is 2. The first-order valence-corrected chi connectivity index (χ1v) is 10.8. The summed E-state index contributed by atoms with van der Waals surface area (Å²) < 4.78 is 0. The van der Waals surface area contributed by atoms with Crippen LogP contribution in [0.5, 0.6) is 0 Å². The molecule has 1 aromatic heterocycles. The number of carbonyl (C=O) groups is 2. The molecule has 7 nitrogen and oxygen atoms in total. The van der Waals surface area contributed by atoms with Gasteiger partial charge >= 0.3 is 0 Å². The third kappa shape index (κ3) is 5.14. The molecule has 0 fully saturated rings. The summed E-state index contributed by atoms with van der Waals surface area (Å²) >= 11 is 1.28. The van der Waals surface area contributed by atoms with E-state index in [1.807, 2.05) is 42.5 Å². The molecule has 3 aromatic carbocycles. The number of nitriles is 1. The molecule has 0 unspecified atom stereocenters. The predicted octanol–water partition coefficient (Wildman–Crippen LogP) is 4.10. The molecular weight excluding hydrogens is 422 g/mol. The smallest absolute Gasteiger partial charge is 0.252 e. The molecule has 32 heavy (non-hydrogen) atoms. The first kappa shape index (κ1) is 21.2. The zero-order chi connectivity index (χ0) is 22.3. The molecule has 0 aliphatic carbocycles. The molecule has 1 heterocycles. The lowest BCUT2D eigenvalue weighted by Crippen LogP contribution is -2.24. The van der Waals surface area contributed by atoms with E-state index in [4.69, 9.17) is 5.26 Å². The molecule has 0 aliphatic rings. The zero-order valence-electron chi connectivity index (χ0n) is 17.0. The average molecular weight is 442 g/mol. The monoisotopic (exact) mass is 441 g/mol. The maximum absolute atomic E-state index is 12.8. The van der Waals surface area contributed by atoms with Crippen LogP contribution in [-0.2, 0) is 11.3 Å². The second-order valence-electron chi connectivity index (χ2n) is 6.91. The van der Waals surface area contributed by atoms with Crippen LogP contribution in [0.15, 0.2) is 77.7 Å². The van der Waals surface area contributed by atoms with Crippen LogP contribution in [0.4, 0.5) is 5.69 Å². The molecule has 0 spiro atoms. The lowest BCUT2D eigenvalue weighted by Gasteiger charge is -2.10. The molecule has 3 N–H and O–H groups in total. The fourth-order valence-corrected chi connectivity index (χ4v) is 3.99. The van der Waals surface area contributed by atoms with E-state index in [1.54, 1.807) is 36.4 Å². The highest BCUT2D eigenvalue weighted by atomic mass is 32.2. The third-order valence-electron chi connectivity index (χ3n) is 4.62. The summed E-state index contributed by atoms with van der Waals surface area (Å²) in [4.78, 5) is 33.5. The number of rotatable bonds is 7. The number of hydrogen-bond acceptors (Lipinski definition) is 5. The van der Waals surface area contributed by atoms with Crippen LogP contribution in [0, 0.1) is 11.3 Å². The minimum atomic E-state index is -0.240. The number of hydrogen-bond donors (Lipinski definition) is 3. The van der Waals surface area contributed by atoms with Crippen molar-refractivity contribution in [2.24, 2.45) is 0 Å². The van der Waals surface area contributed by atoms with Crippen molar-refractivity contribution < 1.29 is 9.59 Å². The summed E-state index contributed by atoms with van der Waals surface area (Å²) in [6.07, 6.45) is 0. The minimum Gasteiger partial charge on any atom is -0.345 e. The van der Waals surface area contributed by atoms with Crippen LogP contribution >= 0.6 is 11.8 Å². The molecule has 0 atom stereocenters.